The van der Waals surface area contributed by atoms with Gasteiger partial charge in [0.2, 0.25) is 0 Å². The predicted molar refractivity (Wildman–Crippen MR) is 71.0 cm³/mol. The smallest absolute Gasteiger partial charge is 0.119 e. The van der Waals surface area contributed by atoms with Gasteiger partial charge in [0.05, 0.1) is 7.11 Å². The van der Waals surface area contributed by atoms with Crippen molar-refractivity contribution in [3.63, 3.8) is 0 Å². The minimum Gasteiger partial charge on any atom is -0.497 e. The molecule has 0 aliphatic heterocycles. The molecule has 1 aliphatic rings. The van der Waals surface area contributed by atoms with Gasteiger partial charge in [0.25, 0.3) is 0 Å². The summed E-state index contributed by atoms with van der Waals surface area (Å²) >= 11 is 0. The van der Waals surface area contributed by atoms with Gasteiger partial charge in [-0.15, -0.1) is 0 Å². The zero-order chi connectivity index (χ0) is 12.5. The molecule has 1 saturated carbocycles. The molecule has 2 N–H and O–H groups in total. The van der Waals surface area contributed by atoms with Crippen molar-refractivity contribution < 1.29 is 4.74 Å². The van der Waals surface area contributed by atoms with Crippen LogP contribution in [0.2, 0.25) is 0 Å². The van der Waals surface area contributed by atoms with Crippen LogP contribution >= 0.6 is 0 Å². The summed E-state index contributed by atoms with van der Waals surface area (Å²) in [6, 6.07) is 8.24. The first-order valence-corrected chi connectivity index (χ1v) is 6.51. The van der Waals surface area contributed by atoms with Crippen LogP contribution in [0.5, 0.6) is 5.75 Å². The number of ether oxygens (including phenoxy) is 1. The van der Waals surface area contributed by atoms with Gasteiger partial charge in [0.15, 0.2) is 0 Å². The number of nitrogens with two attached hydrogens (primary N) is 1. The summed E-state index contributed by atoms with van der Waals surface area (Å²) in [6.07, 6.45) is 3.59. The minimum absolute atomic E-state index is 0.188. The fourth-order valence-electron chi connectivity index (χ4n) is 3.02. The highest BCUT2D eigenvalue weighted by atomic mass is 16.5. The van der Waals surface area contributed by atoms with Crippen molar-refractivity contribution >= 4 is 0 Å². The van der Waals surface area contributed by atoms with Crippen molar-refractivity contribution in [2.24, 2.45) is 17.6 Å². The number of rotatable bonds is 2. The third-order valence-corrected chi connectivity index (χ3v) is 4.52. The third kappa shape index (κ3) is 2.19. The Kier molecular flexibility index (Phi) is 3.43. The summed E-state index contributed by atoms with van der Waals surface area (Å²) in [7, 11) is 1.70. The normalized spacial score (nSPS) is 33.4. The summed E-state index contributed by atoms with van der Waals surface area (Å²) in [5.41, 5.74) is 7.71. The molecule has 17 heavy (non-hydrogen) atoms. The highest BCUT2D eigenvalue weighted by molar-refractivity contribution is 5.34. The average Bonchev–Trinajstić information content (AvgIpc) is 2.36. The minimum atomic E-state index is -0.188. The van der Waals surface area contributed by atoms with Crippen LogP contribution in [0, 0.1) is 11.8 Å². The maximum absolute atomic E-state index is 6.68. The van der Waals surface area contributed by atoms with E-state index in [0.717, 1.165) is 12.2 Å². The van der Waals surface area contributed by atoms with Gasteiger partial charge < -0.3 is 10.5 Å². The average molecular weight is 233 g/mol. The van der Waals surface area contributed by atoms with Gasteiger partial charge in [0.1, 0.15) is 5.75 Å². The molecule has 94 valence electrons. The molecule has 2 heteroatoms. The van der Waals surface area contributed by atoms with E-state index in [1.165, 1.54) is 18.4 Å². The Balaban J connectivity index is 2.35. The van der Waals surface area contributed by atoms with E-state index in [0.29, 0.717) is 11.8 Å². The van der Waals surface area contributed by atoms with Crippen molar-refractivity contribution in [1.29, 1.82) is 0 Å². The van der Waals surface area contributed by atoms with Crippen LogP contribution in [-0.4, -0.2) is 7.11 Å². The van der Waals surface area contributed by atoms with Crippen LogP contribution in [0.4, 0.5) is 0 Å². The van der Waals surface area contributed by atoms with Crippen molar-refractivity contribution in [3.05, 3.63) is 29.8 Å². The van der Waals surface area contributed by atoms with Crippen LogP contribution in [0.25, 0.3) is 0 Å². The first-order valence-electron chi connectivity index (χ1n) is 6.51. The second-order valence-electron chi connectivity index (χ2n) is 5.43. The topological polar surface area (TPSA) is 35.2 Å². The molecule has 0 spiro atoms. The number of benzene rings is 1. The lowest BCUT2D eigenvalue weighted by molar-refractivity contribution is 0.143. The van der Waals surface area contributed by atoms with E-state index in [-0.39, 0.29) is 5.54 Å². The highest BCUT2D eigenvalue weighted by Crippen LogP contribution is 2.43. The van der Waals surface area contributed by atoms with Crippen LogP contribution in [0.1, 0.15) is 38.7 Å². The van der Waals surface area contributed by atoms with Gasteiger partial charge in [-0.25, -0.2) is 0 Å². The van der Waals surface area contributed by atoms with Crippen LogP contribution in [0.15, 0.2) is 24.3 Å². The maximum atomic E-state index is 6.68. The van der Waals surface area contributed by atoms with Crippen molar-refractivity contribution in [1.82, 2.24) is 0 Å². The second kappa shape index (κ2) is 4.69. The van der Waals surface area contributed by atoms with Crippen LogP contribution in [0.3, 0.4) is 0 Å². The largest absolute Gasteiger partial charge is 0.497 e. The Bertz CT molecular complexity index is 390. The van der Waals surface area contributed by atoms with E-state index in [2.05, 4.69) is 26.0 Å². The predicted octanol–water partition coefficient (Wildman–Crippen LogP) is 3.31. The molecule has 0 amide bonds. The standard InChI is InChI=1S/C15H23NO/c1-11-6-5-9-15(16,12(11)2)13-7-4-8-14(10-13)17-3/h4,7-8,10-12H,5-6,9,16H2,1-3H3. The third-order valence-electron chi connectivity index (χ3n) is 4.52. The fraction of sp³-hybridized carbons (Fsp3) is 0.600. The van der Waals surface area contributed by atoms with Crippen LogP contribution in [-0.2, 0) is 5.54 Å². The van der Waals surface area contributed by atoms with Crippen molar-refractivity contribution in [2.75, 3.05) is 7.11 Å². The number of hydrogen-bond acceptors (Lipinski definition) is 2. The molecule has 2 nitrogen and oxygen atoms in total. The second-order valence-corrected chi connectivity index (χ2v) is 5.43. The SMILES string of the molecule is COc1cccc(C2(N)CCCC(C)C2C)c1. The Morgan fingerprint density at radius 1 is 1.35 bits per heavy atom. The number of hydrogen-bond donors (Lipinski definition) is 1. The molecule has 3 unspecified atom stereocenters. The monoisotopic (exact) mass is 233 g/mol. The lowest BCUT2D eigenvalue weighted by Gasteiger charge is -2.43. The molecule has 0 heterocycles. The summed E-state index contributed by atoms with van der Waals surface area (Å²) in [6.45, 7) is 4.59. The van der Waals surface area contributed by atoms with Gasteiger partial charge in [-0.1, -0.05) is 38.8 Å². The van der Waals surface area contributed by atoms with E-state index < -0.39 is 0 Å². The van der Waals surface area contributed by atoms with Crippen LogP contribution < -0.4 is 10.5 Å². The van der Waals surface area contributed by atoms with Gasteiger partial charge in [-0.05, 0) is 36.0 Å². The quantitative estimate of drug-likeness (QED) is 0.850. The van der Waals surface area contributed by atoms with E-state index >= 15 is 0 Å². The molecule has 0 radical (unpaired) electrons. The first-order chi connectivity index (χ1) is 8.08. The molecule has 1 aromatic rings. The van der Waals surface area contributed by atoms with Gasteiger partial charge in [0, 0.05) is 5.54 Å². The highest BCUT2D eigenvalue weighted by Gasteiger charge is 2.39. The Morgan fingerprint density at radius 3 is 2.82 bits per heavy atom. The van der Waals surface area contributed by atoms with Gasteiger partial charge >= 0.3 is 0 Å². The summed E-state index contributed by atoms with van der Waals surface area (Å²) < 4.78 is 5.30. The van der Waals surface area contributed by atoms with E-state index in [4.69, 9.17) is 10.5 Å². The fourth-order valence-corrected chi connectivity index (χ4v) is 3.02. The van der Waals surface area contributed by atoms with Gasteiger partial charge in [-0.3, -0.25) is 0 Å². The van der Waals surface area contributed by atoms with Crippen molar-refractivity contribution in [2.45, 2.75) is 38.6 Å². The summed E-state index contributed by atoms with van der Waals surface area (Å²) in [4.78, 5) is 0. The molecular weight excluding hydrogens is 210 g/mol. The summed E-state index contributed by atoms with van der Waals surface area (Å²) in [5.74, 6) is 2.11. The van der Waals surface area contributed by atoms with Gasteiger partial charge in [-0.2, -0.15) is 0 Å². The number of methoxy groups -OCH3 is 1. The molecular formula is C15H23NO. The zero-order valence-electron chi connectivity index (χ0n) is 11.1. The molecule has 0 saturated heterocycles. The molecule has 1 fully saturated rings. The Morgan fingerprint density at radius 2 is 2.12 bits per heavy atom. The lowest BCUT2D eigenvalue weighted by atomic mass is 9.66. The lowest BCUT2D eigenvalue weighted by Crippen LogP contribution is -2.48. The maximum Gasteiger partial charge on any atom is 0.119 e. The Hall–Kier alpha value is -1.02. The van der Waals surface area contributed by atoms with Crippen molar-refractivity contribution in [3.8, 4) is 5.75 Å². The molecule has 0 aromatic heterocycles. The zero-order valence-corrected chi connectivity index (χ0v) is 11.1. The van der Waals surface area contributed by atoms with E-state index in [9.17, 15) is 0 Å². The van der Waals surface area contributed by atoms with E-state index in [1.54, 1.807) is 7.11 Å². The Labute approximate surface area is 104 Å². The molecule has 1 aliphatic carbocycles. The first kappa shape index (κ1) is 12.4. The van der Waals surface area contributed by atoms with E-state index in [1.807, 2.05) is 12.1 Å². The molecule has 3 atom stereocenters. The summed E-state index contributed by atoms with van der Waals surface area (Å²) in [5, 5.41) is 0. The molecule has 0 bridgehead atoms. The molecule has 2 rings (SSSR count). The molecule has 1 aromatic carbocycles.